The van der Waals surface area contributed by atoms with Crippen LogP contribution in [0.1, 0.15) is 38.2 Å². The summed E-state index contributed by atoms with van der Waals surface area (Å²) in [6.07, 6.45) is 5.25. The van der Waals surface area contributed by atoms with Crippen LogP contribution in [0.5, 0.6) is 5.75 Å². The maximum absolute atomic E-state index is 12.6. The zero-order chi connectivity index (χ0) is 19.8. The first kappa shape index (κ1) is 18.7. The smallest absolute Gasteiger partial charge is 0.260 e. The Morgan fingerprint density at radius 2 is 1.61 bits per heavy atom. The van der Waals surface area contributed by atoms with Gasteiger partial charge in [0.15, 0.2) is 6.61 Å². The minimum absolute atomic E-state index is 0.0369. The van der Waals surface area contributed by atoms with Gasteiger partial charge in [-0.05, 0) is 36.5 Å². The molecule has 2 atom stereocenters. The number of carbonyl (C=O) groups excluding carboxylic acids is 3. The fraction of sp³-hybridized carbons (Fsp3) is 0.500. The van der Waals surface area contributed by atoms with Gasteiger partial charge in [0.2, 0.25) is 11.8 Å². The van der Waals surface area contributed by atoms with Crippen molar-refractivity contribution >= 4 is 17.7 Å². The molecule has 1 aromatic carbocycles. The Balaban J connectivity index is 1.27. The van der Waals surface area contributed by atoms with Crippen LogP contribution in [0.2, 0.25) is 0 Å². The van der Waals surface area contributed by atoms with Crippen molar-refractivity contribution in [2.45, 2.75) is 38.6 Å². The molecule has 0 radical (unpaired) electrons. The molecule has 0 spiro atoms. The molecule has 4 rings (SSSR count). The summed E-state index contributed by atoms with van der Waals surface area (Å²) in [5.41, 5.74) is 1.22. The fourth-order valence-corrected chi connectivity index (χ4v) is 4.19. The van der Waals surface area contributed by atoms with Crippen molar-refractivity contribution in [1.29, 1.82) is 0 Å². The third kappa shape index (κ3) is 3.32. The number of likely N-dealkylation sites (tertiary alicyclic amines) is 2. The van der Waals surface area contributed by atoms with Crippen LogP contribution < -0.4 is 4.74 Å². The van der Waals surface area contributed by atoms with Crippen LogP contribution in [0.3, 0.4) is 0 Å². The molecule has 0 saturated carbocycles. The Labute approximate surface area is 165 Å². The Bertz CT molecular complexity index is 782. The lowest BCUT2D eigenvalue weighted by Crippen LogP contribution is -2.63. The van der Waals surface area contributed by atoms with Crippen molar-refractivity contribution in [2.75, 3.05) is 19.7 Å². The largest absolute Gasteiger partial charge is 0.484 e. The van der Waals surface area contributed by atoms with Gasteiger partial charge in [0.1, 0.15) is 5.75 Å². The summed E-state index contributed by atoms with van der Waals surface area (Å²) in [5, 5.41) is 0. The summed E-state index contributed by atoms with van der Waals surface area (Å²) in [7, 11) is 0. The number of hydrogen-bond donors (Lipinski definition) is 0. The van der Waals surface area contributed by atoms with Gasteiger partial charge in [-0.2, -0.15) is 0 Å². The molecule has 3 amide bonds. The van der Waals surface area contributed by atoms with Gasteiger partial charge >= 0.3 is 0 Å². The molecule has 3 aliphatic rings. The minimum Gasteiger partial charge on any atom is -0.484 e. The van der Waals surface area contributed by atoms with Crippen molar-refractivity contribution in [3.8, 4) is 5.75 Å². The van der Waals surface area contributed by atoms with E-state index >= 15 is 0 Å². The molecular formula is C22H26N2O4. The van der Waals surface area contributed by atoms with Crippen LogP contribution in [0.15, 0.2) is 36.4 Å². The van der Waals surface area contributed by atoms with Gasteiger partial charge in [0, 0.05) is 13.1 Å². The second-order valence-corrected chi connectivity index (χ2v) is 8.17. The number of allylic oxidation sites excluding steroid dienone is 2. The molecule has 2 saturated heterocycles. The average molecular weight is 382 g/mol. The molecule has 2 heterocycles. The summed E-state index contributed by atoms with van der Waals surface area (Å²) in [4.78, 5) is 40.6. The summed E-state index contributed by atoms with van der Waals surface area (Å²) in [5.74, 6) is 0.428. The number of benzene rings is 1. The van der Waals surface area contributed by atoms with Gasteiger partial charge in [0.05, 0.1) is 17.9 Å². The van der Waals surface area contributed by atoms with Crippen LogP contribution in [0.4, 0.5) is 0 Å². The zero-order valence-corrected chi connectivity index (χ0v) is 16.3. The van der Waals surface area contributed by atoms with Crippen molar-refractivity contribution in [3.05, 3.63) is 42.0 Å². The van der Waals surface area contributed by atoms with E-state index in [4.69, 9.17) is 4.74 Å². The number of amides is 3. The monoisotopic (exact) mass is 382 g/mol. The summed E-state index contributed by atoms with van der Waals surface area (Å²) in [6, 6.07) is 7.56. The van der Waals surface area contributed by atoms with Crippen LogP contribution >= 0.6 is 0 Å². The van der Waals surface area contributed by atoms with E-state index in [1.807, 2.05) is 36.4 Å². The third-order valence-corrected chi connectivity index (χ3v) is 6.03. The quantitative estimate of drug-likeness (QED) is 0.579. The fourth-order valence-electron chi connectivity index (χ4n) is 4.19. The SMILES string of the molecule is CC(C)c1ccc(OCC(=O)N2CC(N3C(=O)C4CC=CCC4C3=O)C2)cc1. The molecule has 6 heteroatoms. The van der Waals surface area contributed by atoms with Gasteiger partial charge in [-0.15, -0.1) is 0 Å². The average Bonchev–Trinajstić information content (AvgIpc) is 2.91. The first-order valence-electron chi connectivity index (χ1n) is 9.98. The van der Waals surface area contributed by atoms with Crippen molar-refractivity contribution in [2.24, 2.45) is 11.8 Å². The van der Waals surface area contributed by atoms with Crippen molar-refractivity contribution in [3.63, 3.8) is 0 Å². The summed E-state index contributed by atoms with van der Waals surface area (Å²) < 4.78 is 5.59. The lowest BCUT2D eigenvalue weighted by atomic mass is 9.85. The van der Waals surface area contributed by atoms with Crippen LogP contribution in [-0.4, -0.2) is 53.3 Å². The highest BCUT2D eigenvalue weighted by Gasteiger charge is 2.52. The molecule has 0 aromatic heterocycles. The first-order chi connectivity index (χ1) is 13.5. The van der Waals surface area contributed by atoms with E-state index in [0.717, 1.165) is 0 Å². The maximum Gasteiger partial charge on any atom is 0.260 e. The number of fused-ring (bicyclic) bond motifs is 1. The predicted molar refractivity (Wildman–Crippen MR) is 104 cm³/mol. The van der Waals surface area contributed by atoms with E-state index in [1.165, 1.54) is 10.5 Å². The van der Waals surface area contributed by atoms with Gasteiger partial charge in [0.25, 0.3) is 5.91 Å². The van der Waals surface area contributed by atoms with Crippen LogP contribution in [0.25, 0.3) is 0 Å². The third-order valence-electron chi connectivity index (χ3n) is 6.03. The standard InChI is InChI=1S/C22H26N2O4/c1-14(2)15-7-9-17(10-8-15)28-13-20(25)23-11-16(12-23)24-21(26)18-5-3-4-6-19(18)22(24)27/h3-4,7-10,14,16,18-19H,5-6,11-13H2,1-2H3. The maximum atomic E-state index is 12.6. The predicted octanol–water partition coefficient (Wildman–Crippen LogP) is 2.35. The van der Waals surface area contributed by atoms with Crippen molar-refractivity contribution in [1.82, 2.24) is 9.80 Å². The van der Waals surface area contributed by atoms with Gasteiger partial charge < -0.3 is 9.64 Å². The highest BCUT2D eigenvalue weighted by atomic mass is 16.5. The van der Waals surface area contributed by atoms with E-state index < -0.39 is 0 Å². The molecule has 0 bridgehead atoms. The number of imide groups is 1. The summed E-state index contributed by atoms with van der Waals surface area (Å²) >= 11 is 0. The Morgan fingerprint density at radius 1 is 1.04 bits per heavy atom. The lowest BCUT2D eigenvalue weighted by Gasteiger charge is -2.43. The molecule has 148 valence electrons. The van der Waals surface area contributed by atoms with E-state index in [0.29, 0.717) is 37.6 Å². The number of ether oxygens (including phenoxy) is 1. The summed E-state index contributed by atoms with van der Waals surface area (Å²) in [6.45, 7) is 5.02. The highest BCUT2D eigenvalue weighted by Crippen LogP contribution is 2.37. The Kier molecular flexibility index (Phi) is 4.96. The van der Waals surface area contributed by atoms with Crippen LogP contribution in [0, 0.1) is 11.8 Å². The van der Waals surface area contributed by atoms with E-state index in [2.05, 4.69) is 13.8 Å². The van der Waals surface area contributed by atoms with Crippen LogP contribution in [-0.2, 0) is 14.4 Å². The first-order valence-corrected chi connectivity index (χ1v) is 9.98. The molecule has 2 unspecified atom stereocenters. The highest BCUT2D eigenvalue weighted by molar-refractivity contribution is 6.06. The van der Waals surface area contributed by atoms with Gasteiger partial charge in [-0.25, -0.2) is 0 Å². The molecule has 2 aliphatic heterocycles. The molecule has 0 N–H and O–H groups in total. The molecule has 2 fully saturated rings. The molecule has 1 aliphatic carbocycles. The number of rotatable bonds is 5. The lowest BCUT2D eigenvalue weighted by molar-refractivity contribution is -0.153. The van der Waals surface area contributed by atoms with E-state index in [9.17, 15) is 14.4 Å². The molecular weight excluding hydrogens is 356 g/mol. The Hall–Kier alpha value is -2.63. The second-order valence-electron chi connectivity index (χ2n) is 8.17. The number of nitrogens with zero attached hydrogens (tertiary/aromatic N) is 2. The van der Waals surface area contributed by atoms with Gasteiger partial charge in [-0.1, -0.05) is 38.1 Å². The van der Waals surface area contributed by atoms with E-state index in [-0.39, 0.29) is 42.2 Å². The minimum atomic E-state index is -0.209. The second kappa shape index (κ2) is 7.41. The van der Waals surface area contributed by atoms with Crippen molar-refractivity contribution < 1.29 is 19.1 Å². The number of carbonyl (C=O) groups is 3. The van der Waals surface area contributed by atoms with Gasteiger partial charge in [-0.3, -0.25) is 19.3 Å². The zero-order valence-electron chi connectivity index (χ0n) is 16.3. The number of hydrogen-bond acceptors (Lipinski definition) is 4. The topological polar surface area (TPSA) is 66.9 Å². The molecule has 28 heavy (non-hydrogen) atoms. The van der Waals surface area contributed by atoms with E-state index in [1.54, 1.807) is 4.90 Å². The normalized spacial score (nSPS) is 24.5. The Morgan fingerprint density at radius 3 is 2.14 bits per heavy atom. The molecule has 6 nitrogen and oxygen atoms in total. The molecule has 1 aromatic rings.